The molecule has 3 aliphatic rings. The van der Waals surface area contributed by atoms with Gasteiger partial charge < -0.3 is 38.9 Å². The standard InChI is InChI=1S/C29H30F2N3O10P/c30-21-10-19-23(33(16-1-2-16)13-20(26(19)35)27(36)37)11-24(21)32-7-5-29(39,6-8-32)15-43-25-4-3-17(9-22(25)31)34-12-18(44-28(34)38)14-45(40,41)42/h3-4,9-11,13,16,18,39H,1-2,5-8,12,14-15H2,(H,36,37)(H2,40,41,42)/t18-/m1/s1. The average molecular weight is 650 g/mol. The summed E-state index contributed by atoms with van der Waals surface area (Å²) in [4.78, 5) is 57.6. The Morgan fingerprint density at radius 1 is 1.09 bits per heavy atom. The highest BCUT2D eigenvalue weighted by Gasteiger charge is 2.38. The smallest absolute Gasteiger partial charge is 0.414 e. The number of amides is 1. The molecule has 0 unspecified atom stereocenters. The Hall–Kier alpha value is -4.04. The number of rotatable bonds is 9. The first kappa shape index (κ1) is 31.0. The molecule has 3 heterocycles. The van der Waals surface area contributed by atoms with Gasteiger partial charge in [-0.25, -0.2) is 18.4 Å². The van der Waals surface area contributed by atoms with E-state index in [1.807, 2.05) is 0 Å². The number of carboxylic acid groups (broad SMARTS) is 1. The molecule has 45 heavy (non-hydrogen) atoms. The molecule has 3 fully saturated rings. The first-order valence-electron chi connectivity index (χ1n) is 14.3. The summed E-state index contributed by atoms with van der Waals surface area (Å²) in [5.41, 5.74) is -1.78. The molecular formula is C29H30F2N3O10P. The van der Waals surface area contributed by atoms with E-state index >= 15 is 4.39 Å². The van der Waals surface area contributed by atoms with Gasteiger partial charge in [-0.2, -0.15) is 0 Å². The van der Waals surface area contributed by atoms with Crippen molar-refractivity contribution in [3.63, 3.8) is 0 Å². The number of halogens is 2. The van der Waals surface area contributed by atoms with Gasteiger partial charge in [0.05, 0.1) is 29.6 Å². The van der Waals surface area contributed by atoms with Gasteiger partial charge in [0.2, 0.25) is 5.43 Å². The number of cyclic esters (lactones) is 1. The van der Waals surface area contributed by atoms with E-state index < -0.39 is 60.2 Å². The second kappa shape index (κ2) is 11.4. The predicted octanol–water partition coefficient (Wildman–Crippen LogP) is 3.23. The van der Waals surface area contributed by atoms with Crippen molar-refractivity contribution >= 4 is 41.9 Å². The molecule has 2 aromatic carbocycles. The Kier molecular flexibility index (Phi) is 7.84. The Morgan fingerprint density at radius 3 is 2.42 bits per heavy atom. The minimum Gasteiger partial charge on any atom is -0.488 e. The molecular weight excluding hydrogens is 619 g/mol. The minimum absolute atomic E-state index is 0.0133. The van der Waals surface area contributed by atoms with Crippen LogP contribution in [0.1, 0.15) is 42.1 Å². The molecule has 4 N–H and O–H groups in total. The van der Waals surface area contributed by atoms with E-state index in [1.165, 1.54) is 18.3 Å². The molecule has 2 aliphatic heterocycles. The van der Waals surface area contributed by atoms with E-state index in [0.717, 1.165) is 29.9 Å². The highest BCUT2D eigenvalue weighted by atomic mass is 31.2. The van der Waals surface area contributed by atoms with E-state index in [-0.39, 0.29) is 67.6 Å². The molecule has 1 aromatic heterocycles. The number of benzene rings is 2. The zero-order valence-corrected chi connectivity index (χ0v) is 24.7. The summed E-state index contributed by atoms with van der Waals surface area (Å²) in [5.74, 6) is -3.08. The molecule has 240 valence electrons. The molecule has 0 bridgehead atoms. The molecule has 0 spiro atoms. The van der Waals surface area contributed by atoms with E-state index in [2.05, 4.69) is 0 Å². The third-order valence-corrected chi connectivity index (χ3v) is 9.23. The van der Waals surface area contributed by atoms with Crippen LogP contribution in [0, 0.1) is 11.6 Å². The van der Waals surface area contributed by atoms with Crippen molar-refractivity contribution in [1.82, 2.24) is 4.57 Å². The fourth-order valence-corrected chi connectivity index (χ4v) is 6.52. The predicted molar refractivity (Wildman–Crippen MR) is 156 cm³/mol. The quantitative estimate of drug-likeness (QED) is 0.250. The number of aliphatic hydroxyl groups is 1. The fourth-order valence-electron chi connectivity index (χ4n) is 5.80. The Balaban J connectivity index is 1.12. The van der Waals surface area contributed by atoms with Gasteiger partial charge in [0, 0.05) is 36.8 Å². The fraction of sp³-hybridized carbons (Fsp3) is 0.414. The number of anilines is 2. The van der Waals surface area contributed by atoms with Crippen molar-refractivity contribution in [3.8, 4) is 5.75 Å². The van der Waals surface area contributed by atoms with Crippen molar-refractivity contribution < 1.29 is 52.4 Å². The maximum atomic E-state index is 15.3. The van der Waals surface area contributed by atoms with Crippen LogP contribution in [0.2, 0.25) is 0 Å². The zero-order chi connectivity index (χ0) is 32.3. The molecule has 1 saturated carbocycles. The van der Waals surface area contributed by atoms with E-state index in [4.69, 9.17) is 19.3 Å². The maximum Gasteiger partial charge on any atom is 0.414 e. The normalized spacial score (nSPS) is 20.0. The third kappa shape index (κ3) is 6.39. The summed E-state index contributed by atoms with van der Waals surface area (Å²) in [6, 6.07) is 6.30. The van der Waals surface area contributed by atoms with Gasteiger partial charge in [-0.3, -0.25) is 14.3 Å². The van der Waals surface area contributed by atoms with Gasteiger partial charge in [-0.1, -0.05) is 0 Å². The molecule has 16 heteroatoms. The number of hydrogen-bond acceptors (Lipinski definition) is 8. The van der Waals surface area contributed by atoms with Crippen LogP contribution in [0.5, 0.6) is 5.75 Å². The third-order valence-electron chi connectivity index (χ3n) is 8.35. The largest absolute Gasteiger partial charge is 0.488 e. The molecule has 1 amide bonds. The van der Waals surface area contributed by atoms with Crippen LogP contribution >= 0.6 is 7.60 Å². The van der Waals surface area contributed by atoms with Gasteiger partial charge in [0.1, 0.15) is 29.7 Å². The zero-order valence-electron chi connectivity index (χ0n) is 23.8. The van der Waals surface area contributed by atoms with Crippen molar-refractivity contribution in [2.24, 2.45) is 0 Å². The number of nitrogens with zero attached hydrogens (tertiary/aromatic N) is 3. The first-order valence-corrected chi connectivity index (χ1v) is 16.1. The highest BCUT2D eigenvalue weighted by Crippen LogP contribution is 2.40. The minimum atomic E-state index is -4.42. The molecule has 1 aliphatic carbocycles. The lowest BCUT2D eigenvalue weighted by Crippen LogP contribution is -2.48. The number of carbonyl (C=O) groups is 2. The van der Waals surface area contributed by atoms with Crippen molar-refractivity contribution in [3.05, 3.63) is 63.9 Å². The van der Waals surface area contributed by atoms with Gasteiger partial charge in [0.25, 0.3) is 0 Å². The number of hydrogen-bond donors (Lipinski definition) is 4. The van der Waals surface area contributed by atoms with Crippen molar-refractivity contribution in [2.75, 3.05) is 42.2 Å². The van der Waals surface area contributed by atoms with Gasteiger partial charge in [-0.05, 0) is 49.9 Å². The lowest BCUT2D eigenvalue weighted by Gasteiger charge is -2.39. The van der Waals surface area contributed by atoms with Crippen LogP contribution in [-0.4, -0.2) is 80.7 Å². The monoisotopic (exact) mass is 649 g/mol. The lowest BCUT2D eigenvalue weighted by molar-refractivity contribution is -0.0250. The summed E-state index contributed by atoms with van der Waals surface area (Å²) in [5, 5.41) is 20.6. The van der Waals surface area contributed by atoms with Crippen LogP contribution in [0.3, 0.4) is 0 Å². The lowest BCUT2D eigenvalue weighted by atomic mass is 9.92. The van der Waals surface area contributed by atoms with Crippen LogP contribution in [0.25, 0.3) is 10.9 Å². The van der Waals surface area contributed by atoms with Crippen LogP contribution < -0.4 is 20.0 Å². The summed E-state index contributed by atoms with van der Waals surface area (Å²) in [6.45, 7) is 0.00110. The highest BCUT2D eigenvalue weighted by molar-refractivity contribution is 7.51. The number of piperidine rings is 1. The van der Waals surface area contributed by atoms with E-state index in [0.29, 0.717) is 5.52 Å². The number of carbonyl (C=O) groups excluding carboxylic acids is 1. The van der Waals surface area contributed by atoms with Gasteiger partial charge in [-0.15, -0.1) is 0 Å². The van der Waals surface area contributed by atoms with Crippen molar-refractivity contribution in [2.45, 2.75) is 43.4 Å². The summed E-state index contributed by atoms with van der Waals surface area (Å²) in [7, 11) is -4.42. The average Bonchev–Trinajstić information content (AvgIpc) is 3.74. The van der Waals surface area contributed by atoms with Crippen LogP contribution in [0.15, 0.2) is 41.3 Å². The number of aromatic nitrogens is 1. The summed E-state index contributed by atoms with van der Waals surface area (Å²) < 4.78 is 53.7. The Bertz CT molecular complexity index is 1800. The second-order valence-corrected chi connectivity index (χ2v) is 13.4. The summed E-state index contributed by atoms with van der Waals surface area (Å²) >= 11 is 0. The Morgan fingerprint density at radius 2 is 1.80 bits per heavy atom. The molecule has 2 saturated heterocycles. The van der Waals surface area contributed by atoms with E-state index in [1.54, 1.807) is 15.5 Å². The molecule has 6 rings (SSSR count). The SMILES string of the molecule is O=C(O)c1cn(C2CC2)c2cc(N3CCC(O)(COc4ccc(N5C[C@H](CP(=O)(O)O)OC5=O)cc4F)CC3)c(F)cc2c1=O. The number of carboxylic acids is 1. The molecule has 1 atom stereocenters. The molecule has 13 nitrogen and oxygen atoms in total. The van der Waals surface area contributed by atoms with Crippen LogP contribution in [0.4, 0.5) is 25.0 Å². The summed E-state index contributed by atoms with van der Waals surface area (Å²) in [6.07, 6.45) is 0.668. The van der Waals surface area contributed by atoms with Crippen LogP contribution in [-0.2, 0) is 9.30 Å². The van der Waals surface area contributed by atoms with Crippen molar-refractivity contribution in [1.29, 1.82) is 0 Å². The topological polar surface area (TPSA) is 179 Å². The molecule has 0 radical (unpaired) electrons. The van der Waals surface area contributed by atoms with Gasteiger partial charge in [0.15, 0.2) is 11.6 Å². The molecule has 3 aromatic rings. The maximum absolute atomic E-state index is 15.3. The van der Waals surface area contributed by atoms with Gasteiger partial charge >= 0.3 is 19.7 Å². The number of aromatic carboxylic acids is 1. The number of ether oxygens (including phenoxy) is 2. The Labute approximate surface area is 254 Å². The van der Waals surface area contributed by atoms with E-state index in [9.17, 15) is 33.6 Å². The second-order valence-electron chi connectivity index (χ2n) is 11.7. The first-order chi connectivity index (χ1) is 21.2. The number of fused-ring (bicyclic) bond motifs is 1. The number of pyridine rings is 1.